The van der Waals surface area contributed by atoms with Crippen LogP contribution in [-0.2, 0) is 0 Å². The van der Waals surface area contributed by atoms with Gasteiger partial charge < -0.3 is 14.4 Å². The molecule has 0 spiro atoms. The van der Waals surface area contributed by atoms with Gasteiger partial charge in [0, 0.05) is 78.3 Å². The van der Waals surface area contributed by atoms with Crippen molar-refractivity contribution in [1.29, 1.82) is 0 Å². The molecule has 0 bridgehead atoms. The monoisotopic (exact) mass is 1200 g/mol. The van der Waals surface area contributed by atoms with Crippen LogP contribution in [0.2, 0.25) is 0 Å². The quantitative estimate of drug-likeness (QED) is 0.120. The van der Waals surface area contributed by atoms with Gasteiger partial charge in [-0.15, -0.1) is 0 Å². The fraction of sp³-hybridized carbons (Fsp3) is 0. The molecular weight excluding hydrogens is 1140 g/mol. The first-order chi connectivity index (χ1) is 46.6. The highest BCUT2D eigenvalue weighted by Crippen LogP contribution is 2.46. The summed E-state index contributed by atoms with van der Waals surface area (Å²) < 4.78 is 2.39. The maximum Gasteiger partial charge on any atom is 0.252 e. The Morgan fingerprint density at radius 2 is 0.660 bits per heavy atom. The lowest BCUT2D eigenvalue weighted by Gasteiger charge is -2.44. The summed E-state index contributed by atoms with van der Waals surface area (Å²) in [6.45, 7) is 0.0502. The zero-order valence-electron chi connectivity index (χ0n) is 51.0. The summed E-state index contributed by atoms with van der Waals surface area (Å²) in [6, 6.07) is 121. The Labute approximate surface area is 545 Å². The molecule has 0 amide bonds. The molecule has 5 heterocycles. The molecule has 0 aliphatic carbocycles. The van der Waals surface area contributed by atoms with Crippen LogP contribution in [0.15, 0.2) is 340 Å². The largest absolute Gasteiger partial charge is 0.311 e. The van der Waals surface area contributed by atoms with Gasteiger partial charge in [-0.25, -0.2) is 19.9 Å². The van der Waals surface area contributed by atoms with E-state index in [-0.39, 0.29) is 6.71 Å². The zero-order chi connectivity index (χ0) is 62.1. The first-order valence-electron chi connectivity index (χ1n) is 32.0. The van der Waals surface area contributed by atoms with Gasteiger partial charge in [0.1, 0.15) is 0 Å². The molecule has 0 radical (unpaired) electrons. The summed E-state index contributed by atoms with van der Waals surface area (Å²) in [5.74, 6) is 1.22. The molecule has 18 rings (SSSR count). The highest BCUT2D eigenvalue weighted by Gasteiger charge is 2.43. The molecule has 0 fully saturated rings. The van der Waals surface area contributed by atoms with Crippen molar-refractivity contribution in [3.63, 3.8) is 0 Å². The fourth-order valence-electron chi connectivity index (χ4n) is 14.3. The predicted molar refractivity (Wildman–Crippen MR) is 389 cm³/mol. The normalized spacial score (nSPS) is 12.2. The van der Waals surface area contributed by atoms with E-state index in [0.717, 1.165) is 112 Å². The third kappa shape index (κ3) is 9.38. The van der Waals surface area contributed by atoms with Gasteiger partial charge in [-0.05, 0) is 136 Å². The van der Waals surface area contributed by atoms with E-state index in [4.69, 9.17) is 19.9 Å². The Morgan fingerprint density at radius 3 is 1.31 bits per heavy atom. The molecule has 13 aromatic carbocycles. The lowest BCUT2D eigenvalue weighted by molar-refractivity contribution is 1.13. The number of para-hydroxylation sites is 4. The highest BCUT2D eigenvalue weighted by molar-refractivity contribution is 7.00. The molecule has 7 nitrogen and oxygen atoms in total. The van der Waals surface area contributed by atoms with E-state index in [2.05, 4.69) is 330 Å². The summed E-state index contributed by atoms with van der Waals surface area (Å²) in [4.78, 5) is 26.8. The van der Waals surface area contributed by atoms with Crippen molar-refractivity contribution in [2.45, 2.75) is 0 Å². The minimum Gasteiger partial charge on any atom is -0.311 e. The Kier molecular flexibility index (Phi) is 13.2. The van der Waals surface area contributed by atoms with Gasteiger partial charge in [0.2, 0.25) is 0 Å². The maximum absolute atomic E-state index is 5.73. The summed E-state index contributed by atoms with van der Waals surface area (Å²) in [7, 11) is 0. The minimum atomic E-state index is 0.0502. The first kappa shape index (κ1) is 54.4. The number of anilines is 6. The highest BCUT2D eigenvalue weighted by atomic mass is 15.2. The molecule has 0 atom stereocenters. The van der Waals surface area contributed by atoms with E-state index < -0.39 is 0 Å². The van der Waals surface area contributed by atoms with E-state index in [1.165, 1.54) is 44.7 Å². The van der Waals surface area contributed by atoms with Crippen molar-refractivity contribution < 1.29 is 0 Å². The summed E-state index contributed by atoms with van der Waals surface area (Å²) in [5.41, 5.74) is 27.2. The molecule has 16 aromatic rings. The number of nitrogens with zero attached hydrogens (tertiary/aromatic N) is 7. The van der Waals surface area contributed by atoms with Gasteiger partial charge in [-0.2, -0.15) is 0 Å². The molecule has 0 saturated heterocycles. The van der Waals surface area contributed by atoms with E-state index in [1.807, 2.05) is 24.3 Å². The van der Waals surface area contributed by atoms with Crippen molar-refractivity contribution in [3.8, 4) is 95.7 Å². The van der Waals surface area contributed by atoms with Crippen LogP contribution < -0.4 is 26.2 Å². The molecule has 3 aromatic heterocycles. The number of fused-ring (bicyclic) bond motifs is 7. The van der Waals surface area contributed by atoms with E-state index >= 15 is 0 Å². The number of hydrogen-bond donors (Lipinski definition) is 0. The smallest absolute Gasteiger partial charge is 0.252 e. The van der Waals surface area contributed by atoms with E-state index in [9.17, 15) is 0 Å². The Morgan fingerprint density at radius 1 is 0.234 bits per heavy atom. The second kappa shape index (κ2) is 22.8. The van der Waals surface area contributed by atoms with Crippen molar-refractivity contribution in [2.75, 3.05) is 9.80 Å². The maximum atomic E-state index is 5.73. The molecule has 438 valence electrons. The summed E-state index contributed by atoms with van der Waals surface area (Å²) in [6.07, 6.45) is 0. The fourth-order valence-corrected chi connectivity index (χ4v) is 14.3. The summed E-state index contributed by atoms with van der Waals surface area (Å²) in [5, 5.41) is 2.31. The van der Waals surface area contributed by atoms with Crippen LogP contribution in [0.4, 0.5) is 34.1 Å². The average Bonchev–Trinajstić information content (AvgIpc) is 0.838. The average molecular weight is 1200 g/mol. The molecule has 2 aliphatic heterocycles. The van der Waals surface area contributed by atoms with E-state index in [0.29, 0.717) is 11.6 Å². The van der Waals surface area contributed by atoms with Crippen LogP contribution in [0.5, 0.6) is 0 Å². The van der Waals surface area contributed by atoms with E-state index in [1.54, 1.807) is 0 Å². The third-order valence-corrected chi connectivity index (χ3v) is 18.6. The van der Waals surface area contributed by atoms with Crippen LogP contribution >= 0.6 is 0 Å². The van der Waals surface area contributed by atoms with Gasteiger partial charge in [0.25, 0.3) is 6.71 Å². The number of benzene rings is 13. The second-order valence-electron chi connectivity index (χ2n) is 24.1. The van der Waals surface area contributed by atoms with Gasteiger partial charge >= 0.3 is 0 Å². The Hall–Kier alpha value is -12.5. The molecule has 8 heteroatoms. The predicted octanol–water partition coefficient (Wildman–Crippen LogP) is 19.8. The van der Waals surface area contributed by atoms with Crippen LogP contribution in [0, 0.1) is 0 Å². The van der Waals surface area contributed by atoms with Crippen LogP contribution in [0.25, 0.3) is 118 Å². The Bertz CT molecular complexity index is 5530. The molecular formula is C86H56BN7. The van der Waals surface area contributed by atoms with Crippen molar-refractivity contribution in [2.24, 2.45) is 0 Å². The molecule has 0 saturated carbocycles. The SMILES string of the molecule is c1ccc(-c2ccc3c(c2)c2ccccc2n3-c2ccc(-c3cc(-c4ccccc4)nc(-c4ccccc4)n3)cc2-c2nc(-c3ccccc3)cc(-c3cccc(-c4cccc(N5c6ccccc6B6c7ccccc7N(c7ccccc7)c7cccc5c76)c4)c3)n2)cc1. The van der Waals surface area contributed by atoms with Crippen LogP contribution in [0.1, 0.15) is 0 Å². The molecule has 94 heavy (non-hydrogen) atoms. The molecule has 0 N–H and O–H groups in total. The zero-order valence-corrected chi connectivity index (χ0v) is 51.0. The minimum absolute atomic E-state index is 0.0502. The van der Waals surface area contributed by atoms with Crippen molar-refractivity contribution in [1.82, 2.24) is 24.5 Å². The third-order valence-electron chi connectivity index (χ3n) is 18.6. The number of hydrogen-bond acceptors (Lipinski definition) is 6. The van der Waals surface area contributed by atoms with Crippen molar-refractivity contribution in [3.05, 3.63) is 340 Å². The van der Waals surface area contributed by atoms with Gasteiger partial charge in [0.05, 0.1) is 39.5 Å². The van der Waals surface area contributed by atoms with Gasteiger partial charge in [0.15, 0.2) is 11.6 Å². The first-order valence-corrected chi connectivity index (χ1v) is 32.0. The second-order valence-corrected chi connectivity index (χ2v) is 24.1. The Balaban J connectivity index is 0.809. The summed E-state index contributed by atoms with van der Waals surface area (Å²) >= 11 is 0. The number of aromatic nitrogens is 5. The lowest BCUT2D eigenvalue weighted by Crippen LogP contribution is -2.61. The lowest BCUT2D eigenvalue weighted by atomic mass is 9.33. The van der Waals surface area contributed by atoms with Gasteiger partial charge in [-0.1, -0.05) is 243 Å². The van der Waals surface area contributed by atoms with Crippen molar-refractivity contribution >= 4 is 79.0 Å². The van der Waals surface area contributed by atoms with Crippen LogP contribution in [-0.4, -0.2) is 31.2 Å². The topological polar surface area (TPSA) is 63.0 Å². The number of rotatable bonds is 11. The standard InChI is InChI=1S/C86H56BN7/c1-6-25-57(26-7-1)63-47-49-78-69(53-63)68-39-16-19-42-77(68)94(78)79-50-48-65(76-55-73(58-27-8-2-9-28-58)88-85(89-76)60-31-12-4-13-32-60)54-70(79)86-90-74(59-29-10-3-11-30-59)56-75(91-86)64-35-22-33-61(51-64)62-34-23-38-67(52-62)93-81-44-21-18-41-72(81)87-71-40-17-20-43-80(71)92(66-36-14-5-15-37-66)82-45-24-46-83(93)84(82)87/h1-56H. The molecule has 2 aliphatic rings. The molecule has 0 unspecified atom stereocenters. The van der Waals surface area contributed by atoms with Gasteiger partial charge in [-0.3, -0.25) is 0 Å². The van der Waals surface area contributed by atoms with Crippen LogP contribution in [0.3, 0.4) is 0 Å².